The lowest BCUT2D eigenvalue weighted by Crippen LogP contribution is -2.06. The lowest BCUT2D eigenvalue weighted by Gasteiger charge is -2.12. The molecule has 0 aromatic rings. The van der Waals surface area contributed by atoms with Gasteiger partial charge in [0.15, 0.2) is 4.77 Å². The molecule has 1 atom stereocenters. The second-order valence-electron chi connectivity index (χ2n) is 1.90. The van der Waals surface area contributed by atoms with Gasteiger partial charge in [-0.15, -0.1) is 11.8 Å². The van der Waals surface area contributed by atoms with Gasteiger partial charge in [-0.2, -0.15) is 0 Å². The number of thioether (sulfide) groups is 2. The van der Waals surface area contributed by atoms with Gasteiger partial charge in [-0.3, -0.25) is 4.79 Å². The smallest absolute Gasteiger partial charge is 0.303 e. The molecule has 5 heteroatoms. The Kier molecular flexibility index (Phi) is 7.85. The van der Waals surface area contributed by atoms with Crippen LogP contribution in [0.5, 0.6) is 0 Å². The Labute approximate surface area is 81.6 Å². The highest BCUT2D eigenvalue weighted by molar-refractivity contribution is 8.16. The molecule has 0 aliphatic heterocycles. The minimum atomic E-state index is -0.251. The topological polar surface area (TPSA) is 35.5 Å². The lowest BCUT2D eigenvalue weighted by molar-refractivity contribution is -0.138. The summed E-state index contributed by atoms with van der Waals surface area (Å²) in [5, 5.41) is 0. The van der Waals surface area contributed by atoms with Crippen molar-refractivity contribution in [2.45, 2.75) is 18.6 Å². The van der Waals surface area contributed by atoms with Gasteiger partial charge in [-0.05, 0) is 13.2 Å². The molecule has 0 spiro atoms. The standard InChI is InChI=1S/C7H14O3S2/c1-4-9-7(11-3)12-5-10-6(2)8/h7H,4-5H2,1-3H3. The summed E-state index contributed by atoms with van der Waals surface area (Å²) in [4.78, 5) is 10.4. The van der Waals surface area contributed by atoms with Crippen molar-refractivity contribution in [2.75, 3.05) is 18.8 Å². The van der Waals surface area contributed by atoms with Gasteiger partial charge in [0.25, 0.3) is 0 Å². The second kappa shape index (κ2) is 7.76. The Hall–Kier alpha value is 0.130. The molecule has 0 aromatic carbocycles. The average Bonchev–Trinajstić information content (AvgIpc) is 2.02. The van der Waals surface area contributed by atoms with E-state index in [1.165, 1.54) is 18.7 Å². The zero-order valence-electron chi connectivity index (χ0n) is 7.53. The van der Waals surface area contributed by atoms with Crippen LogP contribution in [0.2, 0.25) is 0 Å². The minimum Gasteiger partial charge on any atom is -0.455 e. The maximum absolute atomic E-state index is 10.4. The van der Waals surface area contributed by atoms with Crippen LogP contribution in [0.1, 0.15) is 13.8 Å². The molecule has 0 radical (unpaired) electrons. The number of ether oxygens (including phenoxy) is 2. The Balaban J connectivity index is 3.37. The first kappa shape index (κ1) is 12.1. The molecule has 0 heterocycles. The normalized spacial score (nSPS) is 12.6. The molecule has 0 amide bonds. The van der Waals surface area contributed by atoms with E-state index in [-0.39, 0.29) is 10.7 Å². The highest BCUT2D eigenvalue weighted by Crippen LogP contribution is 2.22. The van der Waals surface area contributed by atoms with Gasteiger partial charge in [0.1, 0.15) is 5.94 Å². The Bertz CT molecular complexity index is 130. The van der Waals surface area contributed by atoms with Crippen molar-refractivity contribution < 1.29 is 14.3 Å². The van der Waals surface area contributed by atoms with Crippen LogP contribution in [0.25, 0.3) is 0 Å². The van der Waals surface area contributed by atoms with Crippen LogP contribution in [0.3, 0.4) is 0 Å². The molecule has 0 bridgehead atoms. The number of rotatable bonds is 6. The average molecular weight is 210 g/mol. The van der Waals surface area contributed by atoms with E-state index in [2.05, 4.69) is 0 Å². The van der Waals surface area contributed by atoms with E-state index in [4.69, 9.17) is 9.47 Å². The Morgan fingerprint density at radius 3 is 2.67 bits per heavy atom. The summed E-state index contributed by atoms with van der Waals surface area (Å²) in [7, 11) is 0. The molecule has 1 unspecified atom stereocenters. The summed E-state index contributed by atoms with van der Waals surface area (Å²) in [5.74, 6) is 0.111. The number of hydrogen-bond donors (Lipinski definition) is 0. The molecule has 0 rings (SSSR count). The van der Waals surface area contributed by atoms with E-state index >= 15 is 0 Å². The maximum atomic E-state index is 10.4. The molecule has 12 heavy (non-hydrogen) atoms. The van der Waals surface area contributed by atoms with Crippen LogP contribution >= 0.6 is 23.5 Å². The molecule has 0 saturated heterocycles. The molecule has 0 aromatic heterocycles. The van der Waals surface area contributed by atoms with Crippen molar-refractivity contribution in [3.63, 3.8) is 0 Å². The SMILES string of the molecule is CCOC(SC)SCOC(C)=O. The zero-order valence-corrected chi connectivity index (χ0v) is 9.17. The lowest BCUT2D eigenvalue weighted by atomic mass is 10.8. The first-order chi connectivity index (χ1) is 5.70. The Morgan fingerprint density at radius 2 is 2.25 bits per heavy atom. The van der Waals surface area contributed by atoms with Crippen molar-refractivity contribution in [3.05, 3.63) is 0 Å². The van der Waals surface area contributed by atoms with E-state index in [1.807, 2.05) is 13.2 Å². The second-order valence-corrected chi connectivity index (χ2v) is 4.10. The number of esters is 1. The monoisotopic (exact) mass is 210 g/mol. The predicted molar refractivity (Wildman–Crippen MR) is 53.2 cm³/mol. The van der Waals surface area contributed by atoms with Gasteiger partial charge in [0, 0.05) is 13.5 Å². The largest absolute Gasteiger partial charge is 0.455 e. The van der Waals surface area contributed by atoms with Crippen LogP contribution in [0.15, 0.2) is 0 Å². The first-order valence-electron chi connectivity index (χ1n) is 3.60. The van der Waals surface area contributed by atoms with Crippen molar-refractivity contribution in [1.29, 1.82) is 0 Å². The molecular formula is C7H14O3S2. The molecule has 0 aliphatic carbocycles. The van der Waals surface area contributed by atoms with E-state index in [9.17, 15) is 4.79 Å². The zero-order chi connectivity index (χ0) is 9.40. The molecule has 3 nitrogen and oxygen atoms in total. The fourth-order valence-corrected chi connectivity index (χ4v) is 2.05. The Morgan fingerprint density at radius 1 is 1.58 bits per heavy atom. The third kappa shape index (κ3) is 6.82. The van der Waals surface area contributed by atoms with Crippen LogP contribution in [-0.4, -0.2) is 29.5 Å². The predicted octanol–water partition coefficient (Wildman–Crippen LogP) is 1.92. The maximum Gasteiger partial charge on any atom is 0.303 e. The minimum absolute atomic E-state index is 0.0642. The fraction of sp³-hybridized carbons (Fsp3) is 0.857. The number of carbonyl (C=O) groups excluding carboxylic acids is 1. The molecule has 0 N–H and O–H groups in total. The summed E-state index contributed by atoms with van der Waals surface area (Å²) in [6.45, 7) is 4.02. The molecule has 0 saturated carbocycles. The summed E-state index contributed by atoms with van der Waals surface area (Å²) in [6.07, 6.45) is 1.96. The van der Waals surface area contributed by atoms with Crippen molar-refractivity contribution in [3.8, 4) is 0 Å². The first-order valence-corrected chi connectivity index (χ1v) is 5.93. The van der Waals surface area contributed by atoms with E-state index in [0.717, 1.165) is 0 Å². The third-order valence-corrected chi connectivity index (χ3v) is 3.13. The highest BCUT2D eigenvalue weighted by atomic mass is 32.2. The quantitative estimate of drug-likeness (QED) is 0.494. The summed E-state index contributed by atoms with van der Waals surface area (Å²) >= 11 is 3.07. The van der Waals surface area contributed by atoms with Gasteiger partial charge in [0.2, 0.25) is 0 Å². The van der Waals surface area contributed by atoms with Gasteiger partial charge in [-0.25, -0.2) is 0 Å². The van der Waals surface area contributed by atoms with Crippen molar-refractivity contribution in [1.82, 2.24) is 0 Å². The van der Waals surface area contributed by atoms with Crippen LogP contribution in [-0.2, 0) is 14.3 Å². The third-order valence-electron chi connectivity index (χ3n) is 0.962. The number of carbonyl (C=O) groups is 1. The summed E-state index contributed by atoms with van der Waals surface area (Å²) < 4.78 is 10.1. The van der Waals surface area contributed by atoms with E-state index < -0.39 is 0 Å². The highest BCUT2D eigenvalue weighted by Gasteiger charge is 2.06. The van der Waals surface area contributed by atoms with Gasteiger partial charge in [-0.1, -0.05) is 11.8 Å². The summed E-state index contributed by atoms with van der Waals surface area (Å²) in [6, 6.07) is 0. The van der Waals surface area contributed by atoms with Gasteiger partial charge >= 0.3 is 5.97 Å². The van der Waals surface area contributed by atoms with Crippen molar-refractivity contribution in [2.24, 2.45) is 0 Å². The van der Waals surface area contributed by atoms with E-state index in [1.54, 1.807) is 11.8 Å². The van der Waals surface area contributed by atoms with E-state index in [0.29, 0.717) is 12.5 Å². The van der Waals surface area contributed by atoms with Crippen LogP contribution < -0.4 is 0 Å². The van der Waals surface area contributed by atoms with Crippen molar-refractivity contribution >= 4 is 29.5 Å². The van der Waals surface area contributed by atoms with Crippen LogP contribution in [0.4, 0.5) is 0 Å². The summed E-state index contributed by atoms with van der Waals surface area (Å²) in [5.41, 5.74) is 0. The molecule has 72 valence electrons. The van der Waals surface area contributed by atoms with Gasteiger partial charge < -0.3 is 9.47 Å². The van der Waals surface area contributed by atoms with Crippen LogP contribution in [0, 0.1) is 0 Å². The molecule has 0 fully saturated rings. The van der Waals surface area contributed by atoms with Gasteiger partial charge in [0.05, 0.1) is 0 Å². The fourth-order valence-electron chi connectivity index (χ4n) is 0.493. The number of hydrogen-bond acceptors (Lipinski definition) is 5. The molecule has 0 aliphatic rings. The molecular weight excluding hydrogens is 196 g/mol.